The number of benzene rings is 1. The Labute approximate surface area is 121 Å². The highest BCUT2D eigenvalue weighted by Crippen LogP contribution is 2.32. The summed E-state index contributed by atoms with van der Waals surface area (Å²) in [5.74, 6) is -0.598. The van der Waals surface area contributed by atoms with Gasteiger partial charge in [0.1, 0.15) is 12.4 Å². The van der Waals surface area contributed by atoms with Gasteiger partial charge in [0.2, 0.25) is 0 Å². The summed E-state index contributed by atoms with van der Waals surface area (Å²) in [6, 6.07) is 8.68. The minimum absolute atomic E-state index is 0.0558. The molecule has 0 aliphatic carbocycles. The predicted octanol–water partition coefficient (Wildman–Crippen LogP) is 3.21. The summed E-state index contributed by atoms with van der Waals surface area (Å²) < 4.78 is 43.6. The smallest absolute Gasteiger partial charge is 0.393 e. The van der Waals surface area contributed by atoms with E-state index in [-0.39, 0.29) is 13.0 Å². The molecular weight excluding hydrogens is 281 g/mol. The predicted molar refractivity (Wildman–Crippen MR) is 71.9 cm³/mol. The molecule has 1 heterocycles. The van der Waals surface area contributed by atoms with Crippen LogP contribution in [0.1, 0.15) is 18.4 Å². The van der Waals surface area contributed by atoms with E-state index < -0.39 is 12.1 Å². The standard InChI is InChI=1S/C15H17F3N2O/c16-15(17,18)13-2-1-7-20(11-13)8-9-21-14-5-3-12(10-19)4-6-14/h3-6,13H,1-2,7-9,11H2/t13-/m1/s1. The number of likely N-dealkylation sites (tertiary alicyclic amines) is 1. The van der Waals surface area contributed by atoms with Gasteiger partial charge in [0, 0.05) is 13.1 Å². The van der Waals surface area contributed by atoms with E-state index in [1.54, 1.807) is 29.2 Å². The molecule has 1 fully saturated rings. The molecule has 0 unspecified atom stereocenters. The Bertz CT molecular complexity index is 493. The van der Waals surface area contributed by atoms with Crippen LogP contribution in [0.2, 0.25) is 0 Å². The van der Waals surface area contributed by atoms with Crippen LogP contribution in [0.4, 0.5) is 13.2 Å². The number of hydrogen-bond acceptors (Lipinski definition) is 3. The first kappa shape index (κ1) is 15.6. The summed E-state index contributed by atoms with van der Waals surface area (Å²) in [6.45, 7) is 1.56. The Hall–Kier alpha value is -1.74. The van der Waals surface area contributed by atoms with E-state index in [4.69, 9.17) is 10.00 Å². The molecular formula is C15H17F3N2O. The average molecular weight is 298 g/mol. The number of alkyl halides is 3. The van der Waals surface area contributed by atoms with Crippen LogP contribution in [0.15, 0.2) is 24.3 Å². The molecule has 1 aromatic rings. The Balaban J connectivity index is 1.76. The fraction of sp³-hybridized carbons (Fsp3) is 0.533. The second kappa shape index (κ2) is 6.81. The molecule has 6 heteroatoms. The Morgan fingerprint density at radius 2 is 2.00 bits per heavy atom. The molecule has 1 atom stereocenters. The van der Waals surface area contributed by atoms with Crippen LogP contribution in [0, 0.1) is 17.2 Å². The number of piperidine rings is 1. The zero-order chi connectivity index (χ0) is 15.3. The first-order valence-electron chi connectivity index (χ1n) is 6.91. The normalized spacial score (nSPS) is 20.0. The van der Waals surface area contributed by atoms with Crippen LogP contribution in [-0.2, 0) is 0 Å². The number of rotatable bonds is 4. The summed E-state index contributed by atoms with van der Waals surface area (Å²) in [7, 11) is 0. The van der Waals surface area contributed by atoms with Gasteiger partial charge in [0.25, 0.3) is 0 Å². The monoisotopic (exact) mass is 298 g/mol. The second-order valence-electron chi connectivity index (χ2n) is 5.17. The summed E-state index contributed by atoms with van der Waals surface area (Å²) >= 11 is 0. The molecule has 0 radical (unpaired) electrons. The molecule has 21 heavy (non-hydrogen) atoms. The Kier molecular flexibility index (Phi) is 5.07. The summed E-state index contributed by atoms with van der Waals surface area (Å²) in [5, 5.41) is 8.68. The van der Waals surface area contributed by atoms with E-state index in [0.29, 0.717) is 37.4 Å². The van der Waals surface area contributed by atoms with Crippen molar-refractivity contribution >= 4 is 0 Å². The van der Waals surface area contributed by atoms with Crippen molar-refractivity contribution in [2.45, 2.75) is 19.0 Å². The number of nitriles is 1. The highest BCUT2D eigenvalue weighted by molar-refractivity contribution is 5.34. The number of hydrogen-bond donors (Lipinski definition) is 0. The molecule has 1 aliphatic rings. The molecule has 0 aromatic heterocycles. The van der Waals surface area contributed by atoms with Crippen LogP contribution >= 0.6 is 0 Å². The van der Waals surface area contributed by atoms with Gasteiger partial charge in [0.15, 0.2) is 0 Å². The van der Waals surface area contributed by atoms with E-state index in [2.05, 4.69) is 0 Å². The lowest BCUT2D eigenvalue weighted by molar-refractivity contribution is -0.186. The third kappa shape index (κ3) is 4.64. The fourth-order valence-corrected chi connectivity index (χ4v) is 2.44. The van der Waals surface area contributed by atoms with Crippen molar-refractivity contribution in [3.05, 3.63) is 29.8 Å². The van der Waals surface area contributed by atoms with Crippen molar-refractivity contribution < 1.29 is 17.9 Å². The Morgan fingerprint density at radius 1 is 1.29 bits per heavy atom. The molecule has 0 spiro atoms. The number of nitrogens with zero attached hydrogens (tertiary/aromatic N) is 2. The van der Waals surface area contributed by atoms with Gasteiger partial charge in [-0.1, -0.05) is 0 Å². The van der Waals surface area contributed by atoms with Gasteiger partial charge in [-0.05, 0) is 43.7 Å². The largest absolute Gasteiger partial charge is 0.492 e. The molecule has 0 saturated carbocycles. The van der Waals surface area contributed by atoms with Crippen molar-refractivity contribution in [3.63, 3.8) is 0 Å². The van der Waals surface area contributed by atoms with E-state index >= 15 is 0 Å². The first-order valence-corrected chi connectivity index (χ1v) is 6.91. The third-order valence-corrected chi connectivity index (χ3v) is 3.63. The molecule has 3 nitrogen and oxygen atoms in total. The van der Waals surface area contributed by atoms with Crippen LogP contribution in [-0.4, -0.2) is 37.3 Å². The van der Waals surface area contributed by atoms with Crippen molar-refractivity contribution in [1.29, 1.82) is 5.26 Å². The van der Waals surface area contributed by atoms with E-state index in [1.165, 1.54) is 0 Å². The number of ether oxygens (including phenoxy) is 1. The quantitative estimate of drug-likeness (QED) is 0.856. The molecule has 0 amide bonds. The maximum absolute atomic E-state index is 12.7. The molecule has 2 rings (SSSR count). The van der Waals surface area contributed by atoms with E-state index in [9.17, 15) is 13.2 Å². The lowest BCUT2D eigenvalue weighted by Crippen LogP contribution is -2.43. The minimum atomic E-state index is -4.10. The topological polar surface area (TPSA) is 36.3 Å². The second-order valence-corrected chi connectivity index (χ2v) is 5.17. The van der Waals surface area contributed by atoms with Crippen LogP contribution in [0.25, 0.3) is 0 Å². The highest BCUT2D eigenvalue weighted by Gasteiger charge is 2.41. The molecule has 0 bridgehead atoms. The Morgan fingerprint density at radius 3 is 2.62 bits per heavy atom. The molecule has 114 valence electrons. The van der Waals surface area contributed by atoms with Gasteiger partial charge in [-0.2, -0.15) is 18.4 Å². The number of halogens is 3. The van der Waals surface area contributed by atoms with Crippen LogP contribution in [0.3, 0.4) is 0 Å². The fourth-order valence-electron chi connectivity index (χ4n) is 2.44. The van der Waals surface area contributed by atoms with Gasteiger partial charge in [-0.25, -0.2) is 0 Å². The lowest BCUT2D eigenvalue weighted by atomic mass is 9.98. The summed E-state index contributed by atoms with van der Waals surface area (Å²) in [4.78, 5) is 1.80. The third-order valence-electron chi connectivity index (χ3n) is 3.63. The van der Waals surface area contributed by atoms with Crippen molar-refractivity contribution in [2.24, 2.45) is 5.92 Å². The van der Waals surface area contributed by atoms with Crippen molar-refractivity contribution in [2.75, 3.05) is 26.2 Å². The van der Waals surface area contributed by atoms with E-state index in [0.717, 1.165) is 0 Å². The maximum Gasteiger partial charge on any atom is 0.393 e. The van der Waals surface area contributed by atoms with Gasteiger partial charge in [-0.3, -0.25) is 4.90 Å². The summed E-state index contributed by atoms with van der Waals surface area (Å²) in [5.41, 5.74) is 0.548. The zero-order valence-corrected chi connectivity index (χ0v) is 11.6. The maximum atomic E-state index is 12.7. The SMILES string of the molecule is N#Cc1ccc(OCCN2CCC[C@@H](C(F)(F)F)C2)cc1. The highest BCUT2D eigenvalue weighted by atomic mass is 19.4. The molecule has 1 aromatic carbocycles. The summed E-state index contributed by atoms with van der Waals surface area (Å²) in [6.07, 6.45) is -3.32. The lowest BCUT2D eigenvalue weighted by Gasteiger charge is -2.33. The van der Waals surface area contributed by atoms with Crippen molar-refractivity contribution in [3.8, 4) is 11.8 Å². The van der Waals surface area contributed by atoms with Gasteiger partial charge < -0.3 is 4.74 Å². The molecule has 1 saturated heterocycles. The van der Waals surface area contributed by atoms with Crippen LogP contribution < -0.4 is 4.74 Å². The van der Waals surface area contributed by atoms with Gasteiger partial charge >= 0.3 is 6.18 Å². The van der Waals surface area contributed by atoms with E-state index in [1.807, 2.05) is 6.07 Å². The van der Waals surface area contributed by atoms with Crippen LogP contribution in [0.5, 0.6) is 5.75 Å². The zero-order valence-electron chi connectivity index (χ0n) is 11.6. The average Bonchev–Trinajstić information content (AvgIpc) is 2.47. The van der Waals surface area contributed by atoms with Gasteiger partial charge in [0.05, 0.1) is 17.6 Å². The molecule has 0 N–H and O–H groups in total. The minimum Gasteiger partial charge on any atom is -0.492 e. The molecule has 1 aliphatic heterocycles. The van der Waals surface area contributed by atoms with Gasteiger partial charge in [-0.15, -0.1) is 0 Å². The first-order chi connectivity index (χ1) is 9.99. The van der Waals surface area contributed by atoms with Crippen molar-refractivity contribution in [1.82, 2.24) is 4.90 Å².